The van der Waals surface area contributed by atoms with Gasteiger partial charge in [-0.1, -0.05) is 73.1 Å². The molecule has 1 atom stereocenters. The molecule has 0 fully saturated rings. The average Bonchev–Trinajstić information content (AvgIpc) is 3.18. The van der Waals surface area contributed by atoms with Crippen LogP contribution in [0.5, 0.6) is 0 Å². The molecule has 3 aromatic carbocycles. The summed E-state index contributed by atoms with van der Waals surface area (Å²) in [6.45, 7) is 1.27. The van der Waals surface area contributed by atoms with Gasteiger partial charge in [-0.2, -0.15) is 0 Å². The second-order valence-electron chi connectivity index (χ2n) is 8.23. The van der Waals surface area contributed by atoms with E-state index in [0.29, 0.717) is 10.7 Å². The van der Waals surface area contributed by atoms with E-state index >= 15 is 0 Å². The zero-order valence-corrected chi connectivity index (χ0v) is 19.9. The number of nitrogens with one attached hydrogen (secondary N) is 1. The van der Waals surface area contributed by atoms with Crippen molar-refractivity contribution in [1.82, 2.24) is 5.32 Å². The number of carbonyl (C=O) groups excluding carboxylic acids is 2. The van der Waals surface area contributed by atoms with Crippen molar-refractivity contribution in [3.05, 3.63) is 88.9 Å². The number of hydrogen-bond donors (Lipinski definition) is 2. The van der Waals surface area contributed by atoms with Gasteiger partial charge in [-0.3, -0.25) is 14.5 Å². The number of rotatable bonds is 8. The molecule has 0 aliphatic heterocycles. The van der Waals surface area contributed by atoms with E-state index in [4.69, 9.17) is 16.3 Å². The first-order chi connectivity index (χ1) is 16.9. The summed E-state index contributed by atoms with van der Waals surface area (Å²) in [6.07, 6.45) is -0.492. The Morgan fingerprint density at radius 1 is 1.00 bits per heavy atom. The summed E-state index contributed by atoms with van der Waals surface area (Å²) in [5.74, 6) is -1.86. The number of alkyl carbamates (subject to hydrolysis) is 1. The standard InChI is InChI=1S/C27H25ClN2O5/c1-2-24(26(33)30(15-25(31)32)18-9-7-8-17(28)14-18)29-27(34)35-16-23-21-12-5-3-10-19(21)20-11-4-6-13-22(20)23/h3-14,23-24H,2,15-16H2,1H3,(H,29,34)(H,31,32)/t24-/m0/s1. The van der Waals surface area contributed by atoms with Crippen molar-refractivity contribution in [2.24, 2.45) is 0 Å². The van der Waals surface area contributed by atoms with E-state index in [9.17, 15) is 19.5 Å². The van der Waals surface area contributed by atoms with Gasteiger partial charge in [0.25, 0.3) is 0 Å². The number of halogens is 1. The molecule has 180 valence electrons. The minimum atomic E-state index is -1.19. The normalized spacial score (nSPS) is 12.9. The van der Waals surface area contributed by atoms with E-state index < -0.39 is 30.6 Å². The number of hydrogen-bond acceptors (Lipinski definition) is 4. The van der Waals surface area contributed by atoms with Gasteiger partial charge in [0.05, 0.1) is 0 Å². The number of carboxylic acid groups (broad SMARTS) is 1. The molecule has 8 heteroatoms. The fourth-order valence-electron chi connectivity index (χ4n) is 4.38. The molecular formula is C27H25ClN2O5. The van der Waals surface area contributed by atoms with Crippen LogP contribution < -0.4 is 10.2 Å². The van der Waals surface area contributed by atoms with Gasteiger partial charge in [-0.25, -0.2) is 4.79 Å². The van der Waals surface area contributed by atoms with E-state index in [2.05, 4.69) is 5.32 Å². The first-order valence-corrected chi connectivity index (χ1v) is 11.7. The Morgan fingerprint density at radius 2 is 1.63 bits per heavy atom. The molecule has 0 aromatic heterocycles. The molecular weight excluding hydrogens is 468 g/mol. The molecule has 2 amide bonds. The van der Waals surface area contributed by atoms with Crippen LogP contribution in [0.4, 0.5) is 10.5 Å². The predicted molar refractivity (Wildman–Crippen MR) is 134 cm³/mol. The van der Waals surface area contributed by atoms with Crippen LogP contribution in [0.3, 0.4) is 0 Å². The van der Waals surface area contributed by atoms with Gasteiger partial charge >= 0.3 is 12.1 Å². The lowest BCUT2D eigenvalue weighted by molar-refractivity contribution is -0.136. The summed E-state index contributed by atoms with van der Waals surface area (Å²) in [5, 5.41) is 12.3. The second-order valence-corrected chi connectivity index (χ2v) is 8.67. The number of nitrogens with zero attached hydrogens (tertiary/aromatic N) is 1. The molecule has 35 heavy (non-hydrogen) atoms. The maximum atomic E-state index is 13.2. The summed E-state index contributed by atoms with van der Waals surface area (Å²) in [5.41, 5.74) is 4.73. The number of ether oxygens (including phenoxy) is 1. The van der Waals surface area contributed by atoms with Crippen molar-refractivity contribution in [1.29, 1.82) is 0 Å². The summed E-state index contributed by atoms with van der Waals surface area (Å²) < 4.78 is 5.55. The molecule has 0 radical (unpaired) electrons. The highest BCUT2D eigenvalue weighted by Gasteiger charge is 2.31. The first kappa shape index (κ1) is 24.3. The highest BCUT2D eigenvalue weighted by atomic mass is 35.5. The second kappa shape index (κ2) is 10.6. The van der Waals surface area contributed by atoms with E-state index in [1.54, 1.807) is 25.1 Å². The summed E-state index contributed by atoms with van der Waals surface area (Å²) >= 11 is 6.03. The van der Waals surface area contributed by atoms with Crippen LogP contribution in [-0.4, -0.2) is 42.3 Å². The van der Waals surface area contributed by atoms with Crippen LogP contribution in [0, 0.1) is 0 Å². The zero-order valence-electron chi connectivity index (χ0n) is 19.1. The molecule has 0 spiro atoms. The number of anilines is 1. The molecule has 4 rings (SSSR count). The van der Waals surface area contributed by atoms with Gasteiger partial charge in [0, 0.05) is 16.6 Å². The minimum absolute atomic E-state index is 0.109. The van der Waals surface area contributed by atoms with Crippen molar-refractivity contribution in [3.8, 4) is 11.1 Å². The van der Waals surface area contributed by atoms with Crippen molar-refractivity contribution in [2.75, 3.05) is 18.1 Å². The van der Waals surface area contributed by atoms with Crippen molar-refractivity contribution >= 4 is 35.3 Å². The Balaban J connectivity index is 1.46. The summed E-state index contributed by atoms with van der Waals surface area (Å²) in [4.78, 5) is 38.4. The highest BCUT2D eigenvalue weighted by Crippen LogP contribution is 2.44. The minimum Gasteiger partial charge on any atom is -0.480 e. The third-order valence-electron chi connectivity index (χ3n) is 6.02. The van der Waals surface area contributed by atoms with E-state index in [1.165, 1.54) is 6.07 Å². The number of aliphatic carboxylic acids is 1. The number of amides is 2. The van der Waals surface area contributed by atoms with Gasteiger partial charge in [0.2, 0.25) is 5.91 Å². The molecule has 0 saturated heterocycles. The van der Waals surface area contributed by atoms with Gasteiger partial charge in [0.15, 0.2) is 0 Å². The van der Waals surface area contributed by atoms with E-state index in [0.717, 1.165) is 27.2 Å². The van der Waals surface area contributed by atoms with Crippen molar-refractivity contribution in [2.45, 2.75) is 25.3 Å². The fraction of sp³-hybridized carbons (Fsp3) is 0.222. The molecule has 1 aliphatic rings. The Labute approximate surface area is 208 Å². The Bertz CT molecular complexity index is 1220. The molecule has 0 bridgehead atoms. The topological polar surface area (TPSA) is 95.9 Å². The largest absolute Gasteiger partial charge is 0.480 e. The molecule has 0 heterocycles. The summed E-state index contributed by atoms with van der Waals surface area (Å²) in [6, 6.07) is 21.4. The van der Waals surface area contributed by atoms with Crippen LogP contribution in [-0.2, 0) is 14.3 Å². The Kier molecular flexibility index (Phi) is 7.36. The smallest absolute Gasteiger partial charge is 0.407 e. The predicted octanol–water partition coefficient (Wildman–Crippen LogP) is 5.07. The Hall–Kier alpha value is -3.84. The van der Waals surface area contributed by atoms with Gasteiger partial charge < -0.3 is 15.2 Å². The van der Waals surface area contributed by atoms with E-state index in [1.807, 2.05) is 48.5 Å². The van der Waals surface area contributed by atoms with Gasteiger partial charge in [0.1, 0.15) is 19.2 Å². The maximum Gasteiger partial charge on any atom is 0.407 e. The monoisotopic (exact) mass is 492 g/mol. The van der Waals surface area contributed by atoms with E-state index in [-0.39, 0.29) is 18.9 Å². The quantitative estimate of drug-likeness (QED) is 0.457. The lowest BCUT2D eigenvalue weighted by atomic mass is 9.98. The lowest BCUT2D eigenvalue weighted by Gasteiger charge is -2.26. The lowest BCUT2D eigenvalue weighted by Crippen LogP contribution is -2.50. The van der Waals surface area contributed by atoms with Crippen LogP contribution in [0.2, 0.25) is 5.02 Å². The highest BCUT2D eigenvalue weighted by molar-refractivity contribution is 6.31. The van der Waals surface area contributed by atoms with Crippen molar-refractivity contribution in [3.63, 3.8) is 0 Å². The molecule has 0 unspecified atom stereocenters. The number of benzene rings is 3. The first-order valence-electron chi connectivity index (χ1n) is 11.3. The van der Waals surface area contributed by atoms with Crippen LogP contribution in [0.15, 0.2) is 72.8 Å². The molecule has 2 N–H and O–H groups in total. The van der Waals surface area contributed by atoms with Gasteiger partial charge in [-0.05, 0) is 46.9 Å². The molecule has 7 nitrogen and oxygen atoms in total. The van der Waals surface area contributed by atoms with Gasteiger partial charge in [-0.15, -0.1) is 0 Å². The Morgan fingerprint density at radius 3 is 2.20 bits per heavy atom. The zero-order chi connectivity index (χ0) is 24.9. The number of fused-ring (bicyclic) bond motifs is 3. The van der Waals surface area contributed by atoms with Crippen LogP contribution >= 0.6 is 11.6 Å². The third-order valence-corrected chi connectivity index (χ3v) is 6.26. The fourth-order valence-corrected chi connectivity index (χ4v) is 4.57. The average molecular weight is 493 g/mol. The number of carbonyl (C=O) groups is 3. The SMILES string of the molecule is CC[C@H](NC(=O)OCC1c2ccccc2-c2ccccc21)C(=O)N(CC(=O)O)c1cccc(Cl)c1. The molecule has 0 saturated carbocycles. The maximum absolute atomic E-state index is 13.2. The summed E-state index contributed by atoms with van der Waals surface area (Å²) in [7, 11) is 0. The van der Waals surface area contributed by atoms with Crippen LogP contribution in [0.25, 0.3) is 11.1 Å². The molecule has 3 aromatic rings. The number of carboxylic acids is 1. The molecule has 1 aliphatic carbocycles. The van der Waals surface area contributed by atoms with Crippen molar-refractivity contribution < 1.29 is 24.2 Å². The third kappa shape index (κ3) is 5.30. The van der Waals surface area contributed by atoms with Crippen LogP contribution in [0.1, 0.15) is 30.4 Å².